The van der Waals surface area contributed by atoms with Gasteiger partial charge in [-0.15, -0.1) is 0 Å². The summed E-state index contributed by atoms with van der Waals surface area (Å²) in [7, 11) is 0. The van der Waals surface area contributed by atoms with Crippen LogP contribution in [0, 0.1) is 0 Å². The quantitative estimate of drug-likeness (QED) is 0.157. The summed E-state index contributed by atoms with van der Waals surface area (Å²) in [4.78, 5) is 0. The molecule has 0 aromatic heterocycles. The van der Waals surface area contributed by atoms with Crippen LogP contribution in [0.25, 0.3) is 76.8 Å². The first-order valence-electron chi connectivity index (χ1n) is 18.2. The summed E-state index contributed by atoms with van der Waals surface area (Å²) in [5, 5.41) is 17.4. The van der Waals surface area contributed by atoms with Gasteiger partial charge in [0.25, 0.3) is 0 Å². The van der Waals surface area contributed by atoms with Crippen LogP contribution >= 0.6 is 0 Å². The van der Waals surface area contributed by atoms with E-state index in [-0.39, 0.29) is 21.7 Å². The van der Waals surface area contributed by atoms with Gasteiger partial charge in [0.15, 0.2) is 0 Å². The minimum atomic E-state index is 0.0389. The van der Waals surface area contributed by atoms with Gasteiger partial charge in [-0.2, -0.15) is 0 Å². The highest BCUT2D eigenvalue weighted by molar-refractivity contribution is 6.39. The summed E-state index contributed by atoms with van der Waals surface area (Å²) in [6.07, 6.45) is 11.7. The Morgan fingerprint density at radius 2 is 0.625 bits per heavy atom. The molecule has 0 saturated heterocycles. The molecule has 48 heavy (non-hydrogen) atoms. The maximum atomic E-state index is 2.60. The monoisotopic (exact) mass is 626 g/mol. The van der Waals surface area contributed by atoms with Crippen LogP contribution in [-0.2, 0) is 34.5 Å². The predicted molar refractivity (Wildman–Crippen MR) is 214 cm³/mol. The molecular weight excluding hydrogens is 577 g/mol. The lowest BCUT2D eigenvalue weighted by Crippen LogP contribution is -2.18. The summed E-state index contributed by atoms with van der Waals surface area (Å²) in [5.41, 5.74) is 12.1. The summed E-state index contributed by atoms with van der Waals surface area (Å²) >= 11 is 0. The third-order valence-corrected chi connectivity index (χ3v) is 11.9. The first-order valence-corrected chi connectivity index (χ1v) is 18.2. The van der Waals surface area contributed by atoms with E-state index >= 15 is 0 Å². The zero-order valence-electron chi connectivity index (χ0n) is 31.2. The van der Waals surface area contributed by atoms with Crippen LogP contribution in [0.3, 0.4) is 0 Å². The van der Waals surface area contributed by atoms with Crippen LogP contribution in [0.1, 0.15) is 128 Å². The zero-order chi connectivity index (χ0) is 34.0. The molecule has 0 fully saturated rings. The van der Waals surface area contributed by atoms with E-state index in [1.807, 2.05) is 0 Å². The van der Waals surface area contributed by atoms with E-state index in [1.54, 1.807) is 0 Å². The highest BCUT2D eigenvalue weighted by Crippen LogP contribution is 2.53. The van der Waals surface area contributed by atoms with Gasteiger partial charge >= 0.3 is 0 Å². The Labute approximate surface area is 286 Å². The van der Waals surface area contributed by atoms with Crippen LogP contribution in [0.2, 0.25) is 0 Å². The average Bonchev–Trinajstić information content (AvgIpc) is 3.47. The standard InChI is InChI=1S/C48H50/c1-45(2,3)37-21-33-29-19-31-32(20-30(29)34-22-38(46(4,5)6)26-16-13-15-25(37)41(26)43(33)34)36-24-40(48(10,11)12)28-18-14-17-27-39(47(7,8)9)23-35(31)44(36)42(27)28/h13-15,18-24H,16-17H2,1-12H3. The van der Waals surface area contributed by atoms with Crippen molar-refractivity contribution >= 4 is 76.8 Å². The molecule has 0 aliphatic heterocycles. The predicted octanol–water partition coefficient (Wildman–Crippen LogP) is 13.8. The van der Waals surface area contributed by atoms with Crippen molar-refractivity contribution in [1.29, 1.82) is 0 Å². The number of allylic oxidation sites excluding steroid dienone is 2. The maximum absolute atomic E-state index is 2.60. The largest absolute Gasteiger partial charge is 0.0795 e. The maximum Gasteiger partial charge on any atom is -0.00170 e. The normalized spacial score (nSPS) is 15.6. The van der Waals surface area contributed by atoms with Crippen molar-refractivity contribution < 1.29 is 0 Å². The Balaban J connectivity index is 1.55. The van der Waals surface area contributed by atoms with Gasteiger partial charge in [0.1, 0.15) is 0 Å². The SMILES string of the molecule is CC(C)(C)c1cc2c3cc4c(cc3c3cc(C(C)(C)C)c5c(c1C=CC5)c23)c1cc(C(C)(C)C)c2c3c(c(C(C)(C)C)cc4c31)CC=C2. The van der Waals surface area contributed by atoms with Gasteiger partial charge in [-0.1, -0.05) is 107 Å². The molecule has 0 N–H and O–H groups in total. The molecule has 242 valence electrons. The Bertz CT molecular complexity index is 2370. The molecule has 0 heterocycles. The lowest BCUT2D eigenvalue weighted by Gasteiger charge is -2.30. The summed E-state index contributed by atoms with van der Waals surface area (Å²) in [5.74, 6) is 0. The van der Waals surface area contributed by atoms with Crippen LogP contribution in [0.4, 0.5) is 0 Å². The molecule has 0 amide bonds. The molecule has 0 atom stereocenters. The van der Waals surface area contributed by atoms with Gasteiger partial charge in [0.05, 0.1) is 0 Å². The molecule has 7 aromatic rings. The lowest BCUT2D eigenvalue weighted by atomic mass is 9.74. The van der Waals surface area contributed by atoms with Crippen molar-refractivity contribution in [3.05, 3.63) is 93.1 Å². The second kappa shape index (κ2) is 9.01. The number of fused-ring (bicyclic) bond motifs is 6. The Morgan fingerprint density at radius 1 is 0.333 bits per heavy atom. The van der Waals surface area contributed by atoms with Crippen molar-refractivity contribution in [3.8, 4) is 0 Å². The van der Waals surface area contributed by atoms with E-state index in [0.717, 1.165) is 12.8 Å². The van der Waals surface area contributed by atoms with E-state index in [2.05, 4.69) is 144 Å². The highest BCUT2D eigenvalue weighted by atomic mass is 14.4. The van der Waals surface area contributed by atoms with Crippen LogP contribution in [-0.4, -0.2) is 0 Å². The minimum absolute atomic E-state index is 0.0389. The fourth-order valence-corrected chi connectivity index (χ4v) is 9.74. The lowest BCUT2D eigenvalue weighted by molar-refractivity contribution is 0.584. The third-order valence-electron chi connectivity index (χ3n) is 11.9. The van der Waals surface area contributed by atoms with E-state index in [9.17, 15) is 0 Å². The van der Waals surface area contributed by atoms with Crippen molar-refractivity contribution in [1.82, 2.24) is 0 Å². The first-order chi connectivity index (χ1) is 22.4. The fraction of sp³-hybridized carbons (Fsp3) is 0.375. The van der Waals surface area contributed by atoms with E-state index in [0.29, 0.717) is 0 Å². The van der Waals surface area contributed by atoms with Crippen molar-refractivity contribution in [2.45, 2.75) is 118 Å². The number of hydrogen-bond donors (Lipinski definition) is 0. The first kappa shape index (κ1) is 30.2. The van der Waals surface area contributed by atoms with Gasteiger partial charge in [0.2, 0.25) is 0 Å². The topological polar surface area (TPSA) is 0 Å². The van der Waals surface area contributed by atoms with Crippen molar-refractivity contribution in [2.75, 3.05) is 0 Å². The second-order valence-electron chi connectivity index (χ2n) is 19.3. The summed E-state index contributed by atoms with van der Waals surface area (Å²) < 4.78 is 0. The molecule has 0 bridgehead atoms. The molecular formula is C48H50. The van der Waals surface area contributed by atoms with Crippen LogP contribution < -0.4 is 0 Å². The Kier molecular flexibility index (Phi) is 5.66. The number of rotatable bonds is 0. The van der Waals surface area contributed by atoms with Crippen molar-refractivity contribution in [3.63, 3.8) is 0 Å². The second-order valence-corrected chi connectivity index (χ2v) is 19.3. The van der Waals surface area contributed by atoms with Crippen molar-refractivity contribution in [2.24, 2.45) is 0 Å². The summed E-state index contributed by atoms with van der Waals surface area (Å²) in [6.45, 7) is 28.7. The van der Waals surface area contributed by atoms with E-state index in [4.69, 9.17) is 0 Å². The average molecular weight is 627 g/mol. The third kappa shape index (κ3) is 3.84. The fourth-order valence-electron chi connectivity index (χ4n) is 9.74. The Hall–Kier alpha value is -3.90. The van der Waals surface area contributed by atoms with Crippen LogP contribution in [0.15, 0.2) is 48.6 Å². The zero-order valence-corrected chi connectivity index (χ0v) is 31.2. The van der Waals surface area contributed by atoms with Gasteiger partial charge in [-0.25, -0.2) is 0 Å². The Morgan fingerprint density at radius 3 is 0.917 bits per heavy atom. The summed E-state index contributed by atoms with van der Waals surface area (Å²) in [6, 6.07) is 15.5. The van der Waals surface area contributed by atoms with Gasteiger partial charge < -0.3 is 0 Å². The molecule has 0 nitrogen and oxygen atoms in total. The van der Waals surface area contributed by atoms with Gasteiger partial charge in [-0.3, -0.25) is 0 Å². The van der Waals surface area contributed by atoms with E-state index in [1.165, 1.54) is 109 Å². The molecule has 0 unspecified atom stereocenters. The van der Waals surface area contributed by atoms with Gasteiger partial charge in [0, 0.05) is 0 Å². The van der Waals surface area contributed by atoms with Crippen LogP contribution in [0.5, 0.6) is 0 Å². The molecule has 0 saturated carbocycles. The number of benzene rings is 5. The van der Waals surface area contributed by atoms with Gasteiger partial charge in [-0.05, 0) is 180 Å². The molecule has 9 rings (SSSR count). The molecule has 0 heteroatoms. The smallest absolute Gasteiger partial charge is 0.00170 e. The highest BCUT2D eigenvalue weighted by Gasteiger charge is 2.32. The van der Waals surface area contributed by atoms with E-state index < -0.39 is 0 Å². The minimum Gasteiger partial charge on any atom is -0.0795 e. The molecule has 0 radical (unpaired) electrons. The molecule has 7 aromatic carbocycles. The number of hydrogen-bond acceptors (Lipinski definition) is 0. The molecule has 2 aliphatic rings. The molecule has 0 spiro atoms. The molecule has 2 aliphatic carbocycles.